The Bertz CT molecular complexity index is 383. The summed E-state index contributed by atoms with van der Waals surface area (Å²) in [7, 11) is 0. The van der Waals surface area contributed by atoms with Crippen LogP contribution in [0.2, 0.25) is 5.02 Å². The van der Waals surface area contributed by atoms with Gasteiger partial charge in [0.15, 0.2) is 0 Å². The summed E-state index contributed by atoms with van der Waals surface area (Å²) in [4.78, 5) is 2.51. The predicted octanol–water partition coefficient (Wildman–Crippen LogP) is 2.62. The largest absolute Gasteiger partial charge is 0.384 e. The standard InChI is InChI=1S/C14H19ClN2O/c15-11-1-3-12(4-2-11)16-7-8-17-9-13-5-6-14(10-17)18-13/h1-4,13-14,16H,5-10H2. The number of halogens is 1. The maximum Gasteiger partial charge on any atom is 0.0707 e. The third-order valence-electron chi connectivity index (χ3n) is 3.72. The summed E-state index contributed by atoms with van der Waals surface area (Å²) in [6, 6.07) is 7.87. The molecule has 1 aromatic carbocycles. The first-order chi connectivity index (χ1) is 8.79. The molecule has 0 aliphatic carbocycles. The zero-order valence-corrected chi connectivity index (χ0v) is 11.2. The molecule has 2 unspecified atom stereocenters. The molecule has 4 heteroatoms. The molecular formula is C14H19ClN2O. The maximum absolute atomic E-state index is 5.86. The van der Waals surface area contributed by atoms with Gasteiger partial charge in [-0.3, -0.25) is 4.90 Å². The second-order valence-electron chi connectivity index (χ2n) is 5.15. The highest BCUT2D eigenvalue weighted by atomic mass is 35.5. The van der Waals surface area contributed by atoms with E-state index in [1.165, 1.54) is 12.8 Å². The molecule has 2 bridgehead atoms. The van der Waals surface area contributed by atoms with E-state index in [0.29, 0.717) is 12.2 Å². The summed E-state index contributed by atoms with van der Waals surface area (Å²) in [6.45, 7) is 4.25. The number of morpholine rings is 1. The van der Waals surface area contributed by atoms with E-state index >= 15 is 0 Å². The molecule has 2 aliphatic rings. The van der Waals surface area contributed by atoms with Gasteiger partial charge in [0.25, 0.3) is 0 Å². The van der Waals surface area contributed by atoms with Crippen LogP contribution in [0.25, 0.3) is 0 Å². The minimum Gasteiger partial charge on any atom is -0.384 e. The SMILES string of the molecule is Clc1ccc(NCCN2CC3CCC(C2)O3)cc1. The molecule has 98 valence electrons. The number of ether oxygens (including phenoxy) is 1. The quantitative estimate of drug-likeness (QED) is 0.907. The molecule has 1 N–H and O–H groups in total. The number of nitrogens with one attached hydrogen (secondary N) is 1. The first-order valence-corrected chi connectivity index (χ1v) is 7.04. The van der Waals surface area contributed by atoms with Crippen LogP contribution < -0.4 is 5.32 Å². The number of benzene rings is 1. The molecular weight excluding hydrogens is 248 g/mol. The van der Waals surface area contributed by atoms with Gasteiger partial charge in [0.2, 0.25) is 0 Å². The van der Waals surface area contributed by atoms with Crippen molar-refractivity contribution in [3.05, 3.63) is 29.3 Å². The molecule has 0 amide bonds. The average molecular weight is 267 g/mol. The van der Waals surface area contributed by atoms with Gasteiger partial charge in [-0.15, -0.1) is 0 Å². The molecule has 2 saturated heterocycles. The van der Waals surface area contributed by atoms with Crippen LogP contribution in [-0.4, -0.2) is 43.3 Å². The minimum atomic E-state index is 0.485. The summed E-state index contributed by atoms with van der Waals surface area (Å²) in [5, 5.41) is 4.21. The first-order valence-electron chi connectivity index (χ1n) is 6.67. The molecule has 0 saturated carbocycles. The van der Waals surface area contributed by atoms with E-state index in [1.54, 1.807) is 0 Å². The van der Waals surface area contributed by atoms with E-state index in [-0.39, 0.29) is 0 Å². The number of hydrogen-bond acceptors (Lipinski definition) is 3. The Morgan fingerprint density at radius 1 is 1.17 bits per heavy atom. The molecule has 3 rings (SSSR count). The zero-order chi connectivity index (χ0) is 12.4. The van der Waals surface area contributed by atoms with Gasteiger partial charge in [-0.25, -0.2) is 0 Å². The van der Waals surface area contributed by atoms with E-state index in [2.05, 4.69) is 10.2 Å². The van der Waals surface area contributed by atoms with Gasteiger partial charge in [0.05, 0.1) is 12.2 Å². The fraction of sp³-hybridized carbons (Fsp3) is 0.571. The normalized spacial score (nSPS) is 27.4. The molecule has 2 fully saturated rings. The van der Waals surface area contributed by atoms with E-state index in [1.807, 2.05) is 24.3 Å². The lowest BCUT2D eigenvalue weighted by Gasteiger charge is -2.32. The van der Waals surface area contributed by atoms with Gasteiger partial charge < -0.3 is 10.1 Å². The van der Waals surface area contributed by atoms with Gasteiger partial charge in [0.1, 0.15) is 0 Å². The van der Waals surface area contributed by atoms with Gasteiger partial charge in [-0.05, 0) is 37.1 Å². The minimum absolute atomic E-state index is 0.485. The van der Waals surface area contributed by atoms with Crippen molar-refractivity contribution in [1.82, 2.24) is 4.90 Å². The number of rotatable bonds is 4. The van der Waals surface area contributed by atoms with Crippen LogP contribution in [0, 0.1) is 0 Å². The predicted molar refractivity (Wildman–Crippen MR) is 74.3 cm³/mol. The molecule has 3 nitrogen and oxygen atoms in total. The first kappa shape index (κ1) is 12.3. The zero-order valence-electron chi connectivity index (χ0n) is 10.4. The fourth-order valence-corrected chi connectivity index (χ4v) is 2.93. The third-order valence-corrected chi connectivity index (χ3v) is 3.97. The number of hydrogen-bond donors (Lipinski definition) is 1. The van der Waals surface area contributed by atoms with Crippen LogP contribution in [-0.2, 0) is 4.74 Å². The second kappa shape index (κ2) is 5.47. The monoisotopic (exact) mass is 266 g/mol. The van der Waals surface area contributed by atoms with Gasteiger partial charge in [-0.2, -0.15) is 0 Å². The molecule has 0 spiro atoms. The Kier molecular flexibility index (Phi) is 3.73. The summed E-state index contributed by atoms with van der Waals surface area (Å²) in [5.74, 6) is 0. The van der Waals surface area contributed by atoms with Crippen molar-refractivity contribution in [2.24, 2.45) is 0 Å². The van der Waals surface area contributed by atoms with Crippen LogP contribution in [0.1, 0.15) is 12.8 Å². The highest BCUT2D eigenvalue weighted by molar-refractivity contribution is 6.30. The van der Waals surface area contributed by atoms with E-state index in [4.69, 9.17) is 16.3 Å². The average Bonchev–Trinajstić information content (AvgIpc) is 2.71. The lowest BCUT2D eigenvalue weighted by Crippen LogP contribution is -2.44. The lowest BCUT2D eigenvalue weighted by molar-refractivity contribution is -0.0368. The number of fused-ring (bicyclic) bond motifs is 2. The summed E-state index contributed by atoms with van der Waals surface area (Å²) >= 11 is 5.86. The van der Waals surface area contributed by atoms with Gasteiger partial charge >= 0.3 is 0 Å². The highest BCUT2D eigenvalue weighted by Gasteiger charge is 2.33. The van der Waals surface area contributed by atoms with Crippen molar-refractivity contribution in [3.63, 3.8) is 0 Å². The molecule has 0 aromatic heterocycles. The molecule has 1 aromatic rings. The summed E-state index contributed by atoms with van der Waals surface area (Å²) in [6.07, 6.45) is 3.45. The van der Waals surface area contributed by atoms with Crippen LogP contribution in [0.3, 0.4) is 0 Å². The van der Waals surface area contributed by atoms with Crippen molar-refractivity contribution >= 4 is 17.3 Å². The molecule has 0 radical (unpaired) electrons. The van der Waals surface area contributed by atoms with Crippen molar-refractivity contribution in [3.8, 4) is 0 Å². The Morgan fingerprint density at radius 3 is 2.50 bits per heavy atom. The van der Waals surface area contributed by atoms with Crippen LogP contribution in [0.5, 0.6) is 0 Å². The Hall–Kier alpha value is -0.770. The molecule has 2 heterocycles. The Morgan fingerprint density at radius 2 is 1.83 bits per heavy atom. The molecule has 2 aliphatic heterocycles. The Labute approximate surface area is 113 Å². The highest BCUT2D eigenvalue weighted by Crippen LogP contribution is 2.25. The van der Waals surface area contributed by atoms with E-state index in [9.17, 15) is 0 Å². The fourth-order valence-electron chi connectivity index (χ4n) is 2.81. The van der Waals surface area contributed by atoms with Crippen LogP contribution in [0.4, 0.5) is 5.69 Å². The second-order valence-corrected chi connectivity index (χ2v) is 5.59. The van der Waals surface area contributed by atoms with Crippen molar-refractivity contribution in [2.75, 3.05) is 31.5 Å². The number of anilines is 1. The van der Waals surface area contributed by atoms with Crippen LogP contribution >= 0.6 is 11.6 Å². The number of nitrogens with zero attached hydrogens (tertiary/aromatic N) is 1. The van der Waals surface area contributed by atoms with E-state index in [0.717, 1.165) is 36.9 Å². The summed E-state index contributed by atoms with van der Waals surface area (Å²) < 4.78 is 5.83. The molecule has 2 atom stereocenters. The van der Waals surface area contributed by atoms with Crippen LogP contribution in [0.15, 0.2) is 24.3 Å². The molecule has 18 heavy (non-hydrogen) atoms. The number of likely N-dealkylation sites (tertiary alicyclic amines) is 1. The van der Waals surface area contributed by atoms with E-state index < -0.39 is 0 Å². The lowest BCUT2D eigenvalue weighted by atomic mass is 10.2. The maximum atomic E-state index is 5.86. The van der Waals surface area contributed by atoms with Gasteiger partial charge in [0, 0.05) is 36.9 Å². The van der Waals surface area contributed by atoms with Gasteiger partial charge in [-0.1, -0.05) is 11.6 Å². The summed E-state index contributed by atoms with van der Waals surface area (Å²) in [5.41, 5.74) is 1.13. The van der Waals surface area contributed by atoms with Crippen molar-refractivity contribution < 1.29 is 4.74 Å². The smallest absolute Gasteiger partial charge is 0.0707 e. The third kappa shape index (κ3) is 2.97. The topological polar surface area (TPSA) is 24.5 Å². The van der Waals surface area contributed by atoms with Crippen molar-refractivity contribution in [2.45, 2.75) is 25.0 Å². The van der Waals surface area contributed by atoms with Crippen molar-refractivity contribution in [1.29, 1.82) is 0 Å². The Balaban J connectivity index is 1.43.